The van der Waals surface area contributed by atoms with Crippen molar-refractivity contribution in [1.82, 2.24) is 9.78 Å². The van der Waals surface area contributed by atoms with Crippen molar-refractivity contribution in [3.63, 3.8) is 0 Å². The lowest BCUT2D eigenvalue weighted by Gasteiger charge is -2.11. The van der Waals surface area contributed by atoms with Crippen LogP contribution in [0.4, 0.5) is 5.69 Å². The summed E-state index contributed by atoms with van der Waals surface area (Å²) in [5.41, 5.74) is 3.35. The number of rotatable bonds is 5. The minimum Gasteiger partial charge on any atom is -0.323 e. The predicted molar refractivity (Wildman–Crippen MR) is 97.4 cm³/mol. The van der Waals surface area contributed by atoms with E-state index in [0.717, 1.165) is 17.0 Å². The lowest BCUT2D eigenvalue weighted by atomic mass is 10.1. The van der Waals surface area contributed by atoms with Gasteiger partial charge in [0.15, 0.2) is 9.84 Å². The molecule has 134 valence electrons. The van der Waals surface area contributed by atoms with Gasteiger partial charge < -0.3 is 5.32 Å². The third-order valence-corrected chi connectivity index (χ3v) is 6.38. The first-order chi connectivity index (χ1) is 11.9. The van der Waals surface area contributed by atoms with Crippen LogP contribution in [0.2, 0.25) is 0 Å². The highest BCUT2D eigenvalue weighted by Crippen LogP contribution is 2.29. The van der Waals surface area contributed by atoms with Crippen LogP contribution in [-0.4, -0.2) is 35.6 Å². The van der Waals surface area contributed by atoms with Gasteiger partial charge >= 0.3 is 0 Å². The molecule has 0 radical (unpaired) electrons. The van der Waals surface area contributed by atoms with E-state index in [4.69, 9.17) is 0 Å². The molecular formula is C18H23N3O3S. The van der Waals surface area contributed by atoms with Crippen LogP contribution in [0.3, 0.4) is 0 Å². The molecule has 1 aromatic heterocycles. The average Bonchev–Trinajstić information content (AvgIpc) is 3.07. The number of sulfone groups is 1. The van der Waals surface area contributed by atoms with Crippen LogP contribution in [0.25, 0.3) is 0 Å². The number of hydrogen-bond donors (Lipinski definition) is 1. The number of aryl methyl sites for hydroxylation is 2. The van der Waals surface area contributed by atoms with Crippen molar-refractivity contribution in [3.05, 3.63) is 47.3 Å². The minimum absolute atomic E-state index is 0.0614. The van der Waals surface area contributed by atoms with Crippen LogP contribution in [-0.2, 0) is 21.1 Å². The smallest absolute Gasteiger partial charge is 0.224 e. The molecule has 0 bridgehead atoms. The molecule has 1 amide bonds. The third kappa shape index (κ3) is 4.10. The van der Waals surface area contributed by atoms with E-state index in [-0.39, 0.29) is 23.5 Å². The van der Waals surface area contributed by atoms with Gasteiger partial charge in [-0.1, -0.05) is 30.3 Å². The van der Waals surface area contributed by atoms with Crippen molar-refractivity contribution in [2.75, 3.05) is 16.8 Å². The van der Waals surface area contributed by atoms with Crippen LogP contribution in [0, 0.1) is 13.8 Å². The van der Waals surface area contributed by atoms with Gasteiger partial charge in [-0.25, -0.2) is 8.42 Å². The maximum absolute atomic E-state index is 12.3. The van der Waals surface area contributed by atoms with Crippen LogP contribution < -0.4 is 5.32 Å². The summed E-state index contributed by atoms with van der Waals surface area (Å²) in [5, 5.41) is 7.41. The molecule has 1 N–H and O–H groups in total. The second kappa shape index (κ2) is 7.00. The molecule has 1 aromatic carbocycles. The Balaban J connectivity index is 1.67. The summed E-state index contributed by atoms with van der Waals surface area (Å²) in [7, 11) is -2.97. The van der Waals surface area contributed by atoms with E-state index in [2.05, 4.69) is 10.4 Å². The van der Waals surface area contributed by atoms with E-state index in [1.165, 1.54) is 0 Å². The molecule has 25 heavy (non-hydrogen) atoms. The van der Waals surface area contributed by atoms with Crippen molar-refractivity contribution in [3.8, 4) is 0 Å². The van der Waals surface area contributed by atoms with Gasteiger partial charge in [-0.2, -0.15) is 5.10 Å². The maximum atomic E-state index is 12.3. The van der Waals surface area contributed by atoms with Crippen LogP contribution >= 0.6 is 0 Å². The van der Waals surface area contributed by atoms with Crippen LogP contribution in [0.15, 0.2) is 30.3 Å². The topological polar surface area (TPSA) is 81.1 Å². The van der Waals surface area contributed by atoms with E-state index in [1.54, 1.807) is 4.68 Å². The van der Waals surface area contributed by atoms with Crippen molar-refractivity contribution < 1.29 is 13.2 Å². The zero-order chi connectivity index (χ0) is 18.0. The quantitative estimate of drug-likeness (QED) is 0.887. The van der Waals surface area contributed by atoms with Crippen LogP contribution in [0.1, 0.15) is 35.8 Å². The molecule has 1 atom stereocenters. The number of amides is 1. The first-order valence-corrected chi connectivity index (χ1v) is 10.3. The van der Waals surface area contributed by atoms with Gasteiger partial charge in [0.2, 0.25) is 5.91 Å². The molecule has 7 heteroatoms. The largest absolute Gasteiger partial charge is 0.323 e. The highest BCUT2D eigenvalue weighted by Gasteiger charge is 2.31. The molecule has 1 aliphatic rings. The lowest BCUT2D eigenvalue weighted by Crippen LogP contribution is -2.15. The lowest BCUT2D eigenvalue weighted by molar-refractivity contribution is -0.116. The Kier molecular flexibility index (Phi) is 4.94. The standard InChI is InChI=1S/C18H23N3O3S/c1-13-18(19-17(22)9-8-15-6-4-3-5-7-15)14(2)21(20-13)16-10-11-25(23,24)12-16/h3-7,16H,8-12H2,1-2H3,(H,19,22). The molecule has 0 aliphatic carbocycles. The molecular weight excluding hydrogens is 338 g/mol. The Morgan fingerprint density at radius 2 is 2.00 bits per heavy atom. The fourth-order valence-electron chi connectivity index (χ4n) is 3.27. The third-order valence-electron chi connectivity index (χ3n) is 4.63. The summed E-state index contributed by atoms with van der Waals surface area (Å²) in [5.74, 6) is 0.263. The van der Waals surface area contributed by atoms with E-state index < -0.39 is 9.84 Å². The van der Waals surface area contributed by atoms with Crippen molar-refractivity contribution in [1.29, 1.82) is 0 Å². The number of aromatic nitrogens is 2. The molecule has 1 saturated heterocycles. The Morgan fingerprint density at radius 1 is 1.28 bits per heavy atom. The highest BCUT2D eigenvalue weighted by atomic mass is 32.2. The summed E-state index contributed by atoms with van der Waals surface area (Å²) in [6.07, 6.45) is 1.65. The Hall–Kier alpha value is -2.15. The van der Waals surface area contributed by atoms with Gasteiger partial charge in [-0.3, -0.25) is 9.48 Å². The first-order valence-electron chi connectivity index (χ1n) is 8.45. The molecule has 0 saturated carbocycles. The zero-order valence-electron chi connectivity index (χ0n) is 14.5. The first kappa shape index (κ1) is 17.7. The average molecular weight is 361 g/mol. The Bertz CT molecular complexity index is 872. The van der Waals surface area contributed by atoms with Gasteiger partial charge in [-0.05, 0) is 32.3 Å². The highest BCUT2D eigenvalue weighted by molar-refractivity contribution is 7.91. The molecule has 0 spiro atoms. The summed E-state index contributed by atoms with van der Waals surface area (Å²) in [4.78, 5) is 12.3. The molecule has 1 unspecified atom stereocenters. The monoisotopic (exact) mass is 361 g/mol. The SMILES string of the molecule is Cc1nn(C2CCS(=O)(=O)C2)c(C)c1NC(=O)CCc1ccccc1. The molecule has 1 aliphatic heterocycles. The van der Waals surface area contributed by atoms with Crippen molar-refractivity contribution in [2.45, 2.75) is 39.2 Å². The number of hydrogen-bond acceptors (Lipinski definition) is 4. The Morgan fingerprint density at radius 3 is 2.64 bits per heavy atom. The molecule has 2 heterocycles. The second-order valence-electron chi connectivity index (χ2n) is 6.58. The van der Waals surface area contributed by atoms with Gasteiger partial charge in [0.1, 0.15) is 0 Å². The number of anilines is 1. The van der Waals surface area contributed by atoms with Crippen LogP contribution in [0.5, 0.6) is 0 Å². The summed E-state index contributed by atoms with van der Waals surface area (Å²) in [6, 6.07) is 9.74. The number of benzene rings is 1. The second-order valence-corrected chi connectivity index (χ2v) is 8.81. The van der Waals surface area contributed by atoms with E-state index in [1.807, 2.05) is 44.2 Å². The summed E-state index contributed by atoms with van der Waals surface area (Å²) < 4.78 is 25.2. The van der Waals surface area contributed by atoms with Gasteiger partial charge in [0.25, 0.3) is 0 Å². The zero-order valence-corrected chi connectivity index (χ0v) is 15.3. The van der Waals surface area contributed by atoms with E-state index in [9.17, 15) is 13.2 Å². The summed E-state index contributed by atoms with van der Waals surface area (Å²) in [6.45, 7) is 3.71. The van der Waals surface area contributed by atoms with Gasteiger partial charge in [-0.15, -0.1) is 0 Å². The fourth-order valence-corrected chi connectivity index (χ4v) is 4.96. The number of carbonyl (C=O) groups excluding carboxylic acids is 1. The normalized spacial score (nSPS) is 19.0. The number of nitrogens with zero attached hydrogens (tertiary/aromatic N) is 2. The fraction of sp³-hybridized carbons (Fsp3) is 0.444. The van der Waals surface area contributed by atoms with Crippen molar-refractivity contribution >= 4 is 21.4 Å². The molecule has 6 nitrogen and oxygen atoms in total. The van der Waals surface area contributed by atoms with Gasteiger partial charge in [0, 0.05) is 6.42 Å². The minimum atomic E-state index is -2.97. The van der Waals surface area contributed by atoms with E-state index >= 15 is 0 Å². The Labute approximate surface area is 148 Å². The molecule has 3 rings (SSSR count). The summed E-state index contributed by atoms with van der Waals surface area (Å²) >= 11 is 0. The number of carbonyl (C=O) groups is 1. The van der Waals surface area contributed by atoms with E-state index in [0.29, 0.717) is 24.9 Å². The maximum Gasteiger partial charge on any atom is 0.224 e. The molecule has 1 fully saturated rings. The van der Waals surface area contributed by atoms with Gasteiger partial charge in [0.05, 0.1) is 34.6 Å². The molecule has 2 aromatic rings. The van der Waals surface area contributed by atoms with Crippen molar-refractivity contribution in [2.24, 2.45) is 0 Å². The predicted octanol–water partition coefficient (Wildman–Crippen LogP) is 2.43. The number of nitrogens with one attached hydrogen (secondary N) is 1.